The molecule has 3 fully saturated rings. The molecule has 3 aliphatic carbocycles. The molecular formula is C41H69N9O2S+2. The summed E-state index contributed by atoms with van der Waals surface area (Å²) in [4.78, 5) is 17.6. The van der Waals surface area contributed by atoms with Gasteiger partial charge >= 0.3 is 0 Å². The Labute approximate surface area is 322 Å². The van der Waals surface area contributed by atoms with Crippen LogP contribution >= 0.6 is 12.1 Å². The maximum atomic E-state index is 12.4. The van der Waals surface area contributed by atoms with Gasteiger partial charge in [-0.25, -0.2) is 0 Å². The molecule has 53 heavy (non-hydrogen) atoms. The van der Waals surface area contributed by atoms with Crippen LogP contribution < -0.4 is 32.3 Å². The minimum absolute atomic E-state index is 0.00300. The van der Waals surface area contributed by atoms with Gasteiger partial charge in [0.2, 0.25) is 17.5 Å². The van der Waals surface area contributed by atoms with Gasteiger partial charge in [0.25, 0.3) is 0 Å². The number of carbonyl (C=O) groups excluding carboxylic acids is 1. The number of rotatable bonds is 13. The number of nitrogens with zero attached hydrogens (tertiary/aromatic N) is 3. The van der Waals surface area contributed by atoms with Crippen LogP contribution in [0.4, 0.5) is 11.6 Å². The monoisotopic (exact) mass is 752 g/mol. The molecule has 1 saturated heterocycles. The number of hydrogen-bond acceptors (Lipinski definition) is 8. The zero-order chi connectivity index (χ0) is 36.5. The molecule has 10 unspecified atom stereocenters. The zero-order valence-corrected chi connectivity index (χ0v) is 33.7. The van der Waals surface area contributed by atoms with E-state index in [0.717, 1.165) is 38.6 Å². The number of carbonyl (C=O) groups is 1. The fraction of sp³-hybridized carbons (Fsp3) is 0.805. The molecule has 9 N–H and O–H groups in total. The van der Waals surface area contributed by atoms with Crippen molar-refractivity contribution in [2.75, 3.05) is 13.2 Å². The topological polar surface area (TPSA) is 139 Å². The Balaban J connectivity index is 1.07. The highest BCUT2D eigenvalue weighted by molar-refractivity contribution is 7.95. The molecule has 8 rings (SSSR count). The second-order valence-electron chi connectivity index (χ2n) is 17.3. The summed E-state index contributed by atoms with van der Waals surface area (Å²) in [6.07, 6.45) is 23.8. The molecular weight excluding hydrogens is 683 g/mol. The van der Waals surface area contributed by atoms with E-state index < -0.39 is 0 Å². The van der Waals surface area contributed by atoms with Crippen molar-refractivity contribution in [1.29, 1.82) is 0 Å². The molecule has 5 heterocycles. The van der Waals surface area contributed by atoms with Crippen molar-refractivity contribution in [1.82, 2.24) is 29.5 Å². The Bertz CT molecular complexity index is 1510. The summed E-state index contributed by atoms with van der Waals surface area (Å²) in [5, 5.41) is 18.3. The highest BCUT2D eigenvalue weighted by Gasteiger charge is 2.53. The average molecular weight is 752 g/mol. The zero-order valence-electron chi connectivity index (χ0n) is 32.8. The smallest absolute Gasteiger partial charge is 0.225 e. The molecule has 0 spiro atoms. The van der Waals surface area contributed by atoms with Crippen LogP contribution in [0, 0.1) is 23.7 Å². The van der Waals surface area contributed by atoms with Crippen LogP contribution in [-0.2, 0) is 22.4 Å². The SMILES string of the molecule is CCCCCNC(=O)CCCCOC(C)C1=C(C)C(NC2N=CC3CCCCC32)N2Sn3c([NH3+])c4c(c3[NH2+]C3NC(NC12)C1CCCCC31)CCCC4. The van der Waals surface area contributed by atoms with E-state index >= 15 is 0 Å². The second-order valence-corrected chi connectivity index (χ2v) is 18.3. The summed E-state index contributed by atoms with van der Waals surface area (Å²) in [7, 11) is 0. The minimum atomic E-state index is -0.0646. The van der Waals surface area contributed by atoms with Gasteiger partial charge in [-0.15, -0.1) is 0 Å². The third kappa shape index (κ3) is 7.82. The fourth-order valence-corrected chi connectivity index (χ4v) is 12.4. The fourth-order valence-electron chi connectivity index (χ4n) is 11.1. The standard InChI is InChI=1S/C41H67N9O2S/c1-4-5-13-22-43-33(51)21-12-14-23-52-26(3)34-25(2)39(46-36-28-16-7-6-15-27(28)24-44-36)50-41(34)48-38-31-19-10-9-18-30(31)37(45-38)47-40-32-20-11-8-17-29(32)35(42)49(40)53-50/h24,26-28,30-31,36-39,41,45-48H,4-23,42H2,1-3H3,(H,43,51)/p+2. The Kier molecular flexibility index (Phi) is 12.3. The molecule has 0 radical (unpaired) electrons. The van der Waals surface area contributed by atoms with Crippen LogP contribution in [0.25, 0.3) is 0 Å². The molecule has 1 aromatic rings. The van der Waals surface area contributed by atoms with Crippen molar-refractivity contribution in [3.63, 3.8) is 0 Å². The van der Waals surface area contributed by atoms with Gasteiger partial charge in [0, 0.05) is 54.7 Å². The largest absolute Gasteiger partial charge is 0.374 e. The van der Waals surface area contributed by atoms with Crippen LogP contribution in [0.1, 0.15) is 135 Å². The minimum Gasteiger partial charge on any atom is -0.374 e. The Morgan fingerprint density at radius 2 is 1.79 bits per heavy atom. The molecule has 1 amide bonds. The molecule has 2 bridgehead atoms. The second kappa shape index (κ2) is 17.2. The van der Waals surface area contributed by atoms with Gasteiger partial charge in [-0.3, -0.25) is 31.1 Å². The molecule has 7 aliphatic rings. The first-order chi connectivity index (χ1) is 25.9. The third-order valence-electron chi connectivity index (χ3n) is 14.0. The predicted octanol–water partition coefficient (Wildman–Crippen LogP) is 4.48. The first kappa shape index (κ1) is 38.1. The quantitative estimate of drug-likeness (QED) is 0.0994. The van der Waals surface area contributed by atoms with Crippen molar-refractivity contribution in [2.24, 2.45) is 28.7 Å². The van der Waals surface area contributed by atoms with Crippen molar-refractivity contribution >= 4 is 35.9 Å². The summed E-state index contributed by atoms with van der Waals surface area (Å²) in [6, 6.07) is 0. The summed E-state index contributed by atoms with van der Waals surface area (Å²) < 4.78 is 11.9. The van der Waals surface area contributed by atoms with Crippen LogP contribution in [0.2, 0.25) is 0 Å². The van der Waals surface area contributed by atoms with Crippen LogP contribution in [0.5, 0.6) is 0 Å². The van der Waals surface area contributed by atoms with E-state index in [0.29, 0.717) is 42.9 Å². The van der Waals surface area contributed by atoms with E-state index in [-0.39, 0.29) is 36.7 Å². The number of hydrogen-bond donors (Lipinski definition) is 6. The maximum Gasteiger partial charge on any atom is 0.225 e. The van der Waals surface area contributed by atoms with E-state index in [1.165, 1.54) is 105 Å². The summed E-state index contributed by atoms with van der Waals surface area (Å²) in [6.45, 7) is 8.23. The Morgan fingerprint density at radius 3 is 2.62 bits per heavy atom. The predicted molar refractivity (Wildman–Crippen MR) is 212 cm³/mol. The van der Waals surface area contributed by atoms with E-state index in [4.69, 9.17) is 15.5 Å². The van der Waals surface area contributed by atoms with Crippen LogP contribution in [0.15, 0.2) is 16.1 Å². The van der Waals surface area contributed by atoms with E-state index in [9.17, 15) is 4.79 Å². The van der Waals surface area contributed by atoms with Gasteiger partial charge in [-0.2, -0.15) is 8.28 Å². The maximum absolute atomic E-state index is 12.4. The number of amides is 1. The number of unbranched alkanes of at least 4 members (excludes halogenated alkanes) is 3. The van der Waals surface area contributed by atoms with Crippen molar-refractivity contribution < 1.29 is 20.6 Å². The lowest BCUT2D eigenvalue weighted by atomic mass is 9.79. The number of nitrogens with one attached hydrogen (secondary N) is 4. The third-order valence-corrected chi connectivity index (χ3v) is 15.2. The van der Waals surface area contributed by atoms with Crippen molar-refractivity contribution in [3.8, 4) is 0 Å². The number of aromatic nitrogens is 1. The van der Waals surface area contributed by atoms with Gasteiger partial charge in [-0.05, 0) is 102 Å². The highest BCUT2D eigenvalue weighted by atomic mass is 32.2. The van der Waals surface area contributed by atoms with Crippen LogP contribution in [0.3, 0.4) is 0 Å². The lowest BCUT2D eigenvalue weighted by Crippen LogP contribution is -2.90. The summed E-state index contributed by atoms with van der Waals surface area (Å²) in [5.74, 6) is 5.16. The van der Waals surface area contributed by atoms with E-state index in [1.807, 2.05) is 12.1 Å². The molecule has 4 aliphatic heterocycles. The normalized spacial score (nSPS) is 34.3. The lowest BCUT2D eigenvalue weighted by Gasteiger charge is -2.38. The number of ether oxygens (including phenoxy) is 1. The summed E-state index contributed by atoms with van der Waals surface area (Å²) in [5.41, 5.74) is 10.5. The van der Waals surface area contributed by atoms with E-state index in [2.05, 4.69) is 61.8 Å². The van der Waals surface area contributed by atoms with Gasteiger partial charge in [0.1, 0.15) is 12.3 Å². The van der Waals surface area contributed by atoms with Gasteiger partial charge in [0.15, 0.2) is 0 Å². The number of aliphatic imine (C=N–C) groups is 1. The summed E-state index contributed by atoms with van der Waals surface area (Å²) >= 11 is 1.87. The Morgan fingerprint density at radius 1 is 1.02 bits per heavy atom. The molecule has 2 saturated carbocycles. The number of nitrogens with two attached hydrogens (primary N) is 1. The molecule has 1 aromatic heterocycles. The highest BCUT2D eigenvalue weighted by Crippen LogP contribution is 2.46. The van der Waals surface area contributed by atoms with Crippen molar-refractivity contribution in [3.05, 3.63) is 22.3 Å². The van der Waals surface area contributed by atoms with Crippen LogP contribution in [-0.4, -0.2) is 70.5 Å². The van der Waals surface area contributed by atoms with Gasteiger partial charge in [0.05, 0.1) is 36.7 Å². The van der Waals surface area contributed by atoms with Crippen molar-refractivity contribution in [2.45, 2.75) is 173 Å². The molecule has 294 valence electrons. The van der Waals surface area contributed by atoms with Gasteiger partial charge < -0.3 is 15.8 Å². The van der Waals surface area contributed by atoms with E-state index in [1.54, 1.807) is 5.56 Å². The first-order valence-electron chi connectivity index (χ1n) is 21.7. The average Bonchev–Trinajstić information content (AvgIpc) is 3.88. The van der Waals surface area contributed by atoms with Gasteiger partial charge in [-0.1, -0.05) is 45.4 Å². The molecule has 0 aromatic carbocycles. The molecule has 12 heteroatoms. The molecule has 10 atom stereocenters. The lowest BCUT2D eigenvalue weighted by molar-refractivity contribution is -0.627. The first-order valence-corrected chi connectivity index (χ1v) is 22.5. The molecule has 11 nitrogen and oxygen atoms in total. The number of fused-ring (bicyclic) bond motifs is 10. The number of quaternary nitrogens is 2. The Hall–Kier alpha value is -1.77.